The van der Waals surface area contributed by atoms with Crippen LogP contribution in [0.25, 0.3) is 0 Å². The lowest BCUT2D eigenvalue weighted by atomic mass is 10.1. The first-order valence-electron chi connectivity index (χ1n) is 5.34. The fourth-order valence-corrected chi connectivity index (χ4v) is 2.42. The van der Waals surface area contributed by atoms with E-state index in [0.717, 1.165) is 30.1 Å². The molecule has 0 heterocycles. The highest BCUT2D eigenvalue weighted by Gasteiger charge is 2.00. The van der Waals surface area contributed by atoms with Crippen molar-refractivity contribution in [3.63, 3.8) is 0 Å². The van der Waals surface area contributed by atoms with Crippen molar-refractivity contribution in [3.05, 3.63) is 34.9 Å². The highest BCUT2D eigenvalue weighted by molar-refractivity contribution is 7.98. The molecule has 0 amide bonds. The second kappa shape index (κ2) is 7.32. The second-order valence-electron chi connectivity index (χ2n) is 3.65. The van der Waals surface area contributed by atoms with E-state index in [4.69, 9.17) is 10.00 Å². The van der Waals surface area contributed by atoms with Crippen LogP contribution in [0.1, 0.15) is 23.1 Å². The third kappa shape index (κ3) is 4.26. The van der Waals surface area contributed by atoms with E-state index in [1.807, 2.05) is 23.9 Å². The fraction of sp³-hybridized carbons (Fsp3) is 0.462. The lowest BCUT2D eigenvalue weighted by molar-refractivity contribution is 0.200. The largest absolute Gasteiger partial charge is 0.385 e. The number of hydrogen-bond acceptors (Lipinski definition) is 3. The molecule has 0 aromatic heterocycles. The average molecular weight is 235 g/mol. The Morgan fingerprint density at radius 1 is 1.44 bits per heavy atom. The number of benzene rings is 1. The topological polar surface area (TPSA) is 33.0 Å². The van der Waals surface area contributed by atoms with E-state index in [2.05, 4.69) is 19.1 Å². The van der Waals surface area contributed by atoms with Crippen LogP contribution in [-0.4, -0.2) is 19.5 Å². The Morgan fingerprint density at radius 2 is 2.25 bits per heavy atom. The maximum atomic E-state index is 8.76. The van der Waals surface area contributed by atoms with Crippen molar-refractivity contribution >= 4 is 11.8 Å². The summed E-state index contributed by atoms with van der Waals surface area (Å²) in [7, 11) is 1.73. The van der Waals surface area contributed by atoms with Crippen molar-refractivity contribution in [1.29, 1.82) is 5.26 Å². The van der Waals surface area contributed by atoms with E-state index in [1.54, 1.807) is 7.11 Å². The number of rotatable bonds is 6. The molecule has 0 atom stereocenters. The minimum Gasteiger partial charge on any atom is -0.385 e. The van der Waals surface area contributed by atoms with Gasteiger partial charge in [-0.25, -0.2) is 0 Å². The maximum Gasteiger partial charge on any atom is 0.0991 e. The smallest absolute Gasteiger partial charge is 0.0991 e. The summed E-state index contributed by atoms with van der Waals surface area (Å²) in [6.07, 6.45) is 1.09. The molecule has 0 saturated carbocycles. The molecule has 1 aromatic carbocycles. The minimum absolute atomic E-state index is 0.741. The third-order valence-electron chi connectivity index (χ3n) is 2.37. The normalized spacial score (nSPS) is 10.1. The molecule has 0 unspecified atom stereocenters. The fourth-order valence-electron chi connectivity index (χ4n) is 1.41. The molecule has 0 bridgehead atoms. The summed E-state index contributed by atoms with van der Waals surface area (Å²) in [5.41, 5.74) is 3.27. The van der Waals surface area contributed by atoms with Crippen molar-refractivity contribution < 1.29 is 4.74 Å². The van der Waals surface area contributed by atoms with Crippen molar-refractivity contribution in [2.24, 2.45) is 0 Å². The number of methoxy groups -OCH3 is 1. The molecule has 0 radical (unpaired) electrons. The predicted molar refractivity (Wildman–Crippen MR) is 68.5 cm³/mol. The zero-order chi connectivity index (χ0) is 11.8. The van der Waals surface area contributed by atoms with E-state index >= 15 is 0 Å². The Morgan fingerprint density at radius 3 is 2.88 bits per heavy atom. The van der Waals surface area contributed by atoms with Gasteiger partial charge in [0.1, 0.15) is 0 Å². The zero-order valence-corrected chi connectivity index (χ0v) is 10.6. The van der Waals surface area contributed by atoms with E-state index in [1.165, 1.54) is 11.1 Å². The highest BCUT2D eigenvalue weighted by Crippen LogP contribution is 2.17. The van der Waals surface area contributed by atoms with Crippen LogP contribution >= 0.6 is 11.8 Å². The summed E-state index contributed by atoms with van der Waals surface area (Å²) in [5.74, 6) is 2.13. The summed E-state index contributed by atoms with van der Waals surface area (Å²) in [6, 6.07) is 8.04. The molecule has 0 fully saturated rings. The molecule has 0 aliphatic rings. The van der Waals surface area contributed by atoms with Gasteiger partial charge in [-0.3, -0.25) is 0 Å². The van der Waals surface area contributed by atoms with Crippen molar-refractivity contribution in [2.75, 3.05) is 19.5 Å². The Bertz CT molecular complexity index is 371. The number of ether oxygens (including phenoxy) is 1. The van der Waals surface area contributed by atoms with E-state index in [0.29, 0.717) is 0 Å². The standard InChI is InChI=1S/C13H17NOS/c1-11-8-12(9-14)4-5-13(11)10-16-7-3-6-15-2/h4-5,8H,3,6-7,10H2,1-2H3. The van der Waals surface area contributed by atoms with Gasteiger partial charge in [0.25, 0.3) is 0 Å². The first kappa shape index (κ1) is 13.1. The van der Waals surface area contributed by atoms with Crippen LogP contribution in [0.3, 0.4) is 0 Å². The molecule has 0 N–H and O–H groups in total. The van der Waals surface area contributed by atoms with Crippen LogP contribution in [-0.2, 0) is 10.5 Å². The van der Waals surface area contributed by atoms with Crippen LogP contribution < -0.4 is 0 Å². The molecular weight excluding hydrogens is 218 g/mol. The Hall–Kier alpha value is -0.980. The summed E-state index contributed by atoms with van der Waals surface area (Å²) < 4.78 is 5.00. The highest BCUT2D eigenvalue weighted by atomic mass is 32.2. The summed E-state index contributed by atoms with van der Waals surface area (Å²) in [4.78, 5) is 0. The number of thioether (sulfide) groups is 1. The van der Waals surface area contributed by atoms with Gasteiger partial charge >= 0.3 is 0 Å². The SMILES string of the molecule is COCCCSCc1ccc(C#N)cc1C. The van der Waals surface area contributed by atoms with Gasteiger partial charge in [-0.2, -0.15) is 17.0 Å². The van der Waals surface area contributed by atoms with Gasteiger partial charge in [-0.05, 0) is 42.4 Å². The van der Waals surface area contributed by atoms with E-state index in [-0.39, 0.29) is 0 Å². The van der Waals surface area contributed by atoms with Gasteiger partial charge in [-0.1, -0.05) is 6.07 Å². The Labute approximate surface area is 102 Å². The van der Waals surface area contributed by atoms with Crippen LogP contribution in [0.2, 0.25) is 0 Å². The zero-order valence-electron chi connectivity index (χ0n) is 9.82. The first-order valence-corrected chi connectivity index (χ1v) is 6.49. The van der Waals surface area contributed by atoms with E-state index in [9.17, 15) is 0 Å². The van der Waals surface area contributed by atoms with Crippen LogP contribution in [0.5, 0.6) is 0 Å². The first-order chi connectivity index (χ1) is 7.77. The van der Waals surface area contributed by atoms with Crippen LogP contribution in [0.4, 0.5) is 0 Å². The lowest BCUT2D eigenvalue weighted by Gasteiger charge is -2.05. The average Bonchev–Trinajstić information content (AvgIpc) is 2.30. The maximum absolute atomic E-state index is 8.76. The van der Waals surface area contributed by atoms with Crippen molar-refractivity contribution in [1.82, 2.24) is 0 Å². The lowest BCUT2D eigenvalue weighted by Crippen LogP contribution is -1.92. The predicted octanol–water partition coefficient (Wildman–Crippen LogP) is 3.14. The molecule has 0 spiro atoms. The molecule has 1 rings (SSSR count). The Kier molecular flexibility index (Phi) is 5.99. The van der Waals surface area contributed by atoms with Crippen molar-refractivity contribution in [3.8, 4) is 6.07 Å². The Balaban J connectivity index is 2.40. The molecular formula is C13H17NOS. The van der Waals surface area contributed by atoms with Crippen LogP contribution in [0.15, 0.2) is 18.2 Å². The van der Waals surface area contributed by atoms with Gasteiger partial charge in [-0.15, -0.1) is 0 Å². The summed E-state index contributed by atoms with van der Waals surface area (Å²) in [5, 5.41) is 8.76. The molecule has 16 heavy (non-hydrogen) atoms. The molecule has 0 saturated heterocycles. The molecule has 0 aliphatic heterocycles. The number of nitrogens with zero attached hydrogens (tertiary/aromatic N) is 1. The number of hydrogen-bond donors (Lipinski definition) is 0. The molecule has 1 aromatic rings. The quantitative estimate of drug-likeness (QED) is 0.710. The molecule has 3 heteroatoms. The molecule has 0 aliphatic carbocycles. The monoisotopic (exact) mass is 235 g/mol. The third-order valence-corrected chi connectivity index (χ3v) is 3.46. The van der Waals surface area contributed by atoms with E-state index < -0.39 is 0 Å². The van der Waals surface area contributed by atoms with Crippen molar-refractivity contribution in [2.45, 2.75) is 19.1 Å². The second-order valence-corrected chi connectivity index (χ2v) is 4.76. The van der Waals surface area contributed by atoms with Gasteiger partial charge in [0.15, 0.2) is 0 Å². The van der Waals surface area contributed by atoms with Gasteiger partial charge in [0.05, 0.1) is 11.6 Å². The van der Waals surface area contributed by atoms with Crippen LogP contribution in [0, 0.1) is 18.3 Å². The van der Waals surface area contributed by atoms with Gasteiger partial charge in [0.2, 0.25) is 0 Å². The minimum atomic E-state index is 0.741. The summed E-state index contributed by atoms with van der Waals surface area (Å²) >= 11 is 1.91. The van der Waals surface area contributed by atoms with Gasteiger partial charge < -0.3 is 4.74 Å². The number of aryl methyl sites for hydroxylation is 1. The molecule has 2 nitrogen and oxygen atoms in total. The summed E-state index contributed by atoms with van der Waals surface area (Å²) in [6.45, 7) is 2.89. The molecule has 86 valence electrons. The number of nitriles is 1. The van der Waals surface area contributed by atoms with Gasteiger partial charge in [0, 0.05) is 19.5 Å².